The van der Waals surface area contributed by atoms with Crippen molar-refractivity contribution in [3.63, 3.8) is 0 Å². The lowest BCUT2D eigenvalue weighted by atomic mass is 10.1. The molecule has 1 fully saturated rings. The molecule has 1 saturated heterocycles. The van der Waals surface area contributed by atoms with Crippen LogP contribution in [0.5, 0.6) is 0 Å². The molecule has 4 amide bonds. The number of carbonyl (C=O) groups excluding carboxylic acids is 3. The Bertz CT molecular complexity index is 1040. The van der Waals surface area contributed by atoms with Crippen molar-refractivity contribution in [1.29, 1.82) is 0 Å². The lowest BCUT2D eigenvalue weighted by Gasteiger charge is -2.15. The molecule has 0 aliphatic carbocycles. The summed E-state index contributed by atoms with van der Waals surface area (Å²) >= 11 is 0. The summed E-state index contributed by atoms with van der Waals surface area (Å²) in [7, 11) is 0. The standard InChI is InChI=1S/C22H21N5O3/c28-20-14-24-22(30)26(20)15-17-4-1-2-5-19(17)21(29)23-12-10-16-6-8-18(9-7-16)27-13-3-11-25-27/h1-9,11,13H,10,12,14-15H2,(H,23,29)(H,24,30). The summed E-state index contributed by atoms with van der Waals surface area (Å²) in [5, 5.41) is 9.60. The highest BCUT2D eigenvalue weighted by atomic mass is 16.2. The zero-order valence-corrected chi connectivity index (χ0v) is 16.2. The Morgan fingerprint density at radius 3 is 2.57 bits per heavy atom. The summed E-state index contributed by atoms with van der Waals surface area (Å²) in [5.74, 6) is -0.528. The first kappa shape index (κ1) is 19.4. The van der Waals surface area contributed by atoms with Crippen LogP contribution in [0.3, 0.4) is 0 Å². The van der Waals surface area contributed by atoms with E-state index in [1.54, 1.807) is 35.1 Å². The van der Waals surface area contributed by atoms with Gasteiger partial charge in [-0.3, -0.25) is 14.5 Å². The van der Waals surface area contributed by atoms with E-state index in [1.807, 2.05) is 36.5 Å². The van der Waals surface area contributed by atoms with Crippen molar-refractivity contribution in [2.45, 2.75) is 13.0 Å². The van der Waals surface area contributed by atoms with E-state index in [0.717, 1.165) is 16.2 Å². The van der Waals surface area contributed by atoms with Gasteiger partial charge in [-0.25, -0.2) is 9.48 Å². The summed E-state index contributed by atoms with van der Waals surface area (Å²) in [6, 6.07) is 16.4. The molecule has 0 radical (unpaired) electrons. The fraction of sp³-hybridized carbons (Fsp3) is 0.182. The van der Waals surface area contributed by atoms with E-state index in [1.165, 1.54) is 0 Å². The minimum Gasteiger partial charge on any atom is -0.352 e. The predicted octanol–water partition coefficient (Wildman–Crippen LogP) is 1.90. The summed E-state index contributed by atoms with van der Waals surface area (Å²) in [6.07, 6.45) is 4.29. The molecule has 1 aliphatic heterocycles. The maximum absolute atomic E-state index is 12.7. The average molecular weight is 403 g/mol. The van der Waals surface area contributed by atoms with Crippen molar-refractivity contribution in [1.82, 2.24) is 25.3 Å². The number of rotatable bonds is 7. The maximum atomic E-state index is 12.7. The van der Waals surface area contributed by atoms with Crippen molar-refractivity contribution >= 4 is 17.8 Å². The Morgan fingerprint density at radius 2 is 1.87 bits per heavy atom. The molecule has 0 spiro atoms. The van der Waals surface area contributed by atoms with Gasteiger partial charge in [-0.2, -0.15) is 5.10 Å². The number of nitrogens with zero attached hydrogens (tertiary/aromatic N) is 3. The first-order valence-electron chi connectivity index (χ1n) is 9.65. The fourth-order valence-electron chi connectivity index (χ4n) is 3.32. The predicted molar refractivity (Wildman–Crippen MR) is 110 cm³/mol. The lowest BCUT2D eigenvalue weighted by molar-refractivity contribution is -0.125. The molecular formula is C22H21N5O3. The van der Waals surface area contributed by atoms with Gasteiger partial charge in [0, 0.05) is 24.5 Å². The van der Waals surface area contributed by atoms with E-state index in [2.05, 4.69) is 15.7 Å². The number of amides is 4. The molecule has 2 aromatic carbocycles. The van der Waals surface area contributed by atoms with Crippen LogP contribution in [-0.4, -0.2) is 45.6 Å². The Morgan fingerprint density at radius 1 is 1.07 bits per heavy atom. The van der Waals surface area contributed by atoms with Gasteiger partial charge in [-0.15, -0.1) is 0 Å². The number of hydrogen-bond donors (Lipinski definition) is 2. The van der Waals surface area contributed by atoms with Crippen LogP contribution in [0.25, 0.3) is 5.69 Å². The van der Waals surface area contributed by atoms with Gasteiger partial charge in [-0.05, 0) is 41.8 Å². The number of benzene rings is 2. The monoisotopic (exact) mass is 403 g/mol. The highest BCUT2D eigenvalue weighted by Crippen LogP contribution is 2.14. The van der Waals surface area contributed by atoms with Crippen molar-refractivity contribution in [3.05, 3.63) is 83.7 Å². The zero-order valence-electron chi connectivity index (χ0n) is 16.2. The minimum absolute atomic E-state index is 0.00756. The van der Waals surface area contributed by atoms with Crippen LogP contribution in [0.1, 0.15) is 21.5 Å². The topological polar surface area (TPSA) is 96.3 Å². The van der Waals surface area contributed by atoms with E-state index >= 15 is 0 Å². The molecule has 0 bridgehead atoms. The molecule has 1 aliphatic rings. The highest BCUT2D eigenvalue weighted by molar-refractivity contribution is 6.02. The molecule has 3 aromatic rings. The molecule has 1 aromatic heterocycles. The van der Waals surface area contributed by atoms with E-state index in [9.17, 15) is 14.4 Å². The van der Waals surface area contributed by atoms with Crippen molar-refractivity contribution in [3.8, 4) is 5.69 Å². The fourth-order valence-corrected chi connectivity index (χ4v) is 3.32. The molecule has 4 rings (SSSR count). The van der Waals surface area contributed by atoms with E-state index < -0.39 is 6.03 Å². The molecule has 30 heavy (non-hydrogen) atoms. The van der Waals surface area contributed by atoms with Crippen molar-refractivity contribution in [2.24, 2.45) is 0 Å². The normalized spacial score (nSPS) is 13.4. The molecule has 0 saturated carbocycles. The van der Waals surface area contributed by atoms with Gasteiger partial charge >= 0.3 is 6.03 Å². The average Bonchev–Trinajstić information content (AvgIpc) is 3.41. The van der Waals surface area contributed by atoms with Crippen LogP contribution in [-0.2, 0) is 17.8 Å². The van der Waals surface area contributed by atoms with Gasteiger partial charge in [0.2, 0.25) is 5.91 Å². The number of carbonyl (C=O) groups is 3. The first-order chi connectivity index (χ1) is 14.6. The van der Waals surface area contributed by atoms with Crippen LogP contribution in [0.2, 0.25) is 0 Å². The number of hydrogen-bond acceptors (Lipinski definition) is 4. The molecular weight excluding hydrogens is 382 g/mol. The first-order valence-corrected chi connectivity index (χ1v) is 9.65. The number of aromatic nitrogens is 2. The van der Waals surface area contributed by atoms with Gasteiger partial charge in [-0.1, -0.05) is 30.3 Å². The highest BCUT2D eigenvalue weighted by Gasteiger charge is 2.29. The summed E-state index contributed by atoms with van der Waals surface area (Å²) in [4.78, 5) is 37.4. The number of nitrogens with one attached hydrogen (secondary N) is 2. The smallest absolute Gasteiger partial charge is 0.324 e. The van der Waals surface area contributed by atoms with Crippen LogP contribution in [0.15, 0.2) is 67.0 Å². The molecule has 8 nitrogen and oxygen atoms in total. The third-order valence-electron chi connectivity index (χ3n) is 4.93. The van der Waals surface area contributed by atoms with E-state index in [0.29, 0.717) is 24.1 Å². The summed E-state index contributed by atoms with van der Waals surface area (Å²) in [5.41, 5.74) is 3.16. The van der Waals surface area contributed by atoms with Crippen LogP contribution in [0.4, 0.5) is 4.79 Å². The van der Waals surface area contributed by atoms with Gasteiger partial charge in [0.25, 0.3) is 5.91 Å². The quantitative estimate of drug-likeness (QED) is 0.589. The van der Waals surface area contributed by atoms with Gasteiger partial charge in [0.05, 0.1) is 18.8 Å². The SMILES string of the molecule is O=C(NCCc1ccc(-n2cccn2)cc1)c1ccccc1CN1C(=O)CNC1=O. The summed E-state index contributed by atoms with van der Waals surface area (Å²) in [6.45, 7) is 0.535. The van der Waals surface area contributed by atoms with Crippen LogP contribution >= 0.6 is 0 Å². The zero-order chi connectivity index (χ0) is 20.9. The minimum atomic E-state index is -0.436. The second-order valence-corrected chi connectivity index (χ2v) is 6.92. The van der Waals surface area contributed by atoms with Gasteiger partial charge < -0.3 is 10.6 Å². The molecule has 8 heteroatoms. The van der Waals surface area contributed by atoms with Crippen LogP contribution in [0, 0.1) is 0 Å². The largest absolute Gasteiger partial charge is 0.352 e. The Kier molecular flexibility index (Phi) is 5.56. The van der Waals surface area contributed by atoms with E-state index in [4.69, 9.17) is 0 Å². The Labute approximate surface area is 173 Å². The second-order valence-electron chi connectivity index (χ2n) is 6.92. The molecule has 2 heterocycles. The molecule has 152 valence electrons. The van der Waals surface area contributed by atoms with Crippen molar-refractivity contribution < 1.29 is 14.4 Å². The second kappa shape index (κ2) is 8.60. The molecule has 0 atom stereocenters. The molecule has 2 N–H and O–H groups in total. The van der Waals surface area contributed by atoms with E-state index in [-0.39, 0.29) is 24.9 Å². The van der Waals surface area contributed by atoms with Crippen LogP contribution < -0.4 is 10.6 Å². The van der Waals surface area contributed by atoms with Gasteiger partial charge in [0.15, 0.2) is 0 Å². The maximum Gasteiger partial charge on any atom is 0.324 e. The Balaban J connectivity index is 1.35. The lowest BCUT2D eigenvalue weighted by Crippen LogP contribution is -2.32. The van der Waals surface area contributed by atoms with Gasteiger partial charge in [0.1, 0.15) is 0 Å². The molecule has 0 unspecified atom stereocenters. The number of urea groups is 1. The van der Waals surface area contributed by atoms with Crippen molar-refractivity contribution in [2.75, 3.05) is 13.1 Å². The third-order valence-corrected chi connectivity index (χ3v) is 4.93. The Hall–Kier alpha value is -3.94. The summed E-state index contributed by atoms with van der Waals surface area (Å²) < 4.78 is 1.79. The third kappa shape index (κ3) is 4.22. The number of imide groups is 1.